The smallest absolute Gasteiger partial charge is 0.386 e. The first-order valence-corrected chi connectivity index (χ1v) is 27.7. The van der Waals surface area contributed by atoms with Gasteiger partial charge in [0.15, 0.2) is 40.6 Å². The van der Waals surface area contributed by atoms with Crippen LogP contribution in [0.2, 0.25) is 0 Å². The SMILES string of the molecule is Nc1nc2c(ncn2[C@@H]2O[C@@H]3COP(=O)(S)O[C@H]4C(O)[C@@H](COP(=O)(S)OC3[C@@H]2O)O[C@H]4n2cnc3c(NC(=O)CCOCCOCCOCCOCCNC(=O)CCN4C(=O)C=CC4=O)ncnc32)c(=O)[nH]1. The number of thiol groups is 2. The molecule has 4 unspecified atom stereocenters. The second kappa shape index (κ2) is 24.3. The fourth-order valence-electron chi connectivity index (χ4n) is 7.71. The maximum Gasteiger partial charge on any atom is 0.386 e. The standard InChI is InChI=1S/C38H50N12O19P2S2/c39-38-46-34-27(35(57)47-38)44-19-50(34)36-29(56)30-21(67-36)16-65-71(59,73)69-31-28(55)20(15-64-70(58,72)68-30)66-37(31)49-18-43-26-32(41-17-42-33(26)49)45-23(52)4-7-60-9-11-62-13-14-63-12-10-61-8-5-40-22(51)3-6-48-24(53)1-2-25(48)54/h1-2,17-21,28-31,36-37,55-56H,3-16H2,(H,40,51)(H,58,72)(H,59,73)(H3,39,46,47,57)(H,41,42,45,52)/t20-,21-,28?,29+,30?,31+,36-,37-,70?,71?/m1/s1. The van der Waals surface area contributed by atoms with Crippen LogP contribution >= 0.6 is 38.1 Å². The third-order valence-electron chi connectivity index (χ3n) is 11.2. The van der Waals surface area contributed by atoms with E-state index in [1.54, 1.807) is 0 Å². The second-order valence-electron chi connectivity index (χ2n) is 16.1. The lowest BCUT2D eigenvalue weighted by Crippen LogP contribution is -2.36. The Kier molecular flexibility index (Phi) is 18.1. The normalized spacial score (nSPS) is 28.6. The summed E-state index contributed by atoms with van der Waals surface area (Å²) in [5.74, 6) is -1.89. The number of carbonyl (C=O) groups excluding carboxylic acids is 4. The van der Waals surface area contributed by atoms with Crippen LogP contribution in [0.4, 0.5) is 11.8 Å². The average molecular weight is 1100 g/mol. The van der Waals surface area contributed by atoms with Crippen LogP contribution in [0.15, 0.2) is 35.9 Å². The van der Waals surface area contributed by atoms with Gasteiger partial charge in [0.25, 0.3) is 17.4 Å². The molecule has 8 heterocycles. The van der Waals surface area contributed by atoms with Crippen molar-refractivity contribution in [2.75, 3.05) is 90.2 Å². The Morgan fingerprint density at radius 2 is 1.33 bits per heavy atom. The van der Waals surface area contributed by atoms with Gasteiger partial charge in [0, 0.05) is 31.7 Å². The molecule has 2 bridgehead atoms. The van der Waals surface area contributed by atoms with Crippen LogP contribution in [0.5, 0.6) is 0 Å². The van der Waals surface area contributed by atoms with Gasteiger partial charge in [-0.15, -0.1) is 0 Å². The number of amides is 4. The number of anilines is 2. The van der Waals surface area contributed by atoms with Gasteiger partial charge in [0.1, 0.15) is 43.0 Å². The van der Waals surface area contributed by atoms with E-state index in [9.17, 15) is 43.3 Å². The van der Waals surface area contributed by atoms with Gasteiger partial charge in [-0.2, -0.15) is 4.98 Å². The van der Waals surface area contributed by atoms with E-state index in [1.165, 1.54) is 15.5 Å². The minimum atomic E-state index is -4.50. The molecule has 4 aromatic heterocycles. The van der Waals surface area contributed by atoms with Crippen LogP contribution in [0, 0.1) is 0 Å². The van der Waals surface area contributed by atoms with Crippen molar-refractivity contribution >= 4 is 95.8 Å². The number of hydrogen-bond acceptors (Lipinski definition) is 25. The van der Waals surface area contributed by atoms with Crippen molar-refractivity contribution < 1.29 is 85.0 Å². The number of nitrogen functional groups attached to an aromatic ring is 1. The maximum atomic E-state index is 13.9. The summed E-state index contributed by atoms with van der Waals surface area (Å²) in [4.78, 5) is 84.5. The molecule has 4 aliphatic rings. The van der Waals surface area contributed by atoms with Gasteiger partial charge >= 0.3 is 13.6 Å². The molecule has 3 fully saturated rings. The molecular formula is C38H50N12O19P2S2. The van der Waals surface area contributed by atoms with Crippen molar-refractivity contribution in [3.8, 4) is 0 Å². The Bertz CT molecular complexity index is 2820. The van der Waals surface area contributed by atoms with Crippen LogP contribution in [-0.2, 0) is 74.8 Å². The van der Waals surface area contributed by atoms with Gasteiger partial charge in [0.05, 0.1) is 85.1 Å². The Labute approximate surface area is 422 Å². The van der Waals surface area contributed by atoms with E-state index in [1.807, 2.05) is 0 Å². The third kappa shape index (κ3) is 13.5. The molecule has 0 saturated carbocycles. The first-order valence-electron chi connectivity index (χ1n) is 22.3. The van der Waals surface area contributed by atoms with E-state index < -0.39 is 99.2 Å². The van der Waals surface area contributed by atoms with E-state index in [-0.39, 0.29) is 106 Å². The zero-order chi connectivity index (χ0) is 51.9. The van der Waals surface area contributed by atoms with Gasteiger partial charge in [-0.25, -0.2) is 29.1 Å². The summed E-state index contributed by atoms with van der Waals surface area (Å²) in [6.45, 7) is -8.11. The Morgan fingerprint density at radius 3 is 2.01 bits per heavy atom. The summed E-state index contributed by atoms with van der Waals surface area (Å²) in [6, 6.07) is 0. The zero-order valence-corrected chi connectivity index (χ0v) is 41.8. The molecule has 73 heavy (non-hydrogen) atoms. The van der Waals surface area contributed by atoms with Crippen LogP contribution in [0.1, 0.15) is 25.3 Å². The van der Waals surface area contributed by atoms with Gasteiger partial charge < -0.3 is 55.0 Å². The minimum absolute atomic E-state index is 0.00527. The number of aromatic amines is 1. The molecule has 0 aliphatic carbocycles. The molecule has 0 radical (unpaired) electrons. The van der Waals surface area contributed by atoms with Crippen molar-refractivity contribution in [3.63, 3.8) is 0 Å². The number of imidazole rings is 2. The highest BCUT2D eigenvalue weighted by atomic mass is 32.7. The lowest BCUT2D eigenvalue weighted by atomic mass is 10.1. The number of aliphatic hydroxyl groups is 2. The summed E-state index contributed by atoms with van der Waals surface area (Å²) >= 11 is 8.23. The fraction of sp³-hybridized carbons (Fsp3) is 0.579. The van der Waals surface area contributed by atoms with Crippen molar-refractivity contribution in [1.82, 2.24) is 49.3 Å². The highest BCUT2D eigenvalue weighted by molar-refractivity contribution is 8.44. The topological polar surface area (TPSA) is 396 Å². The first kappa shape index (κ1) is 54.5. The number of H-pyrrole nitrogens is 1. The number of aliphatic hydroxyl groups excluding tert-OH is 2. The minimum Gasteiger partial charge on any atom is -0.387 e. The van der Waals surface area contributed by atoms with Crippen LogP contribution < -0.4 is 21.9 Å². The monoisotopic (exact) mass is 1100 g/mol. The Morgan fingerprint density at radius 1 is 0.740 bits per heavy atom. The predicted octanol–water partition coefficient (Wildman–Crippen LogP) is -1.22. The van der Waals surface area contributed by atoms with Crippen molar-refractivity contribution in [2.24, 2.45) is 0 Å². The number of hydrogen-bond donors (Lipinski definition) is 8. The molecule has 4 amide bonds. The van der Waals surface area contributed by atoms with Crippen molar-refractivity contribution in [2.45, 2.75) is 61.9 Å². The van der Waals surface area contributed by atoms with Crippen molar-refractivity contribution in [3.05, 3.63) is 41.5 Å². The van der Waals surface area contributed by atoms with E-state index in [0.717, 1.165) is 29.7 Å². The first-order chi connectivity index (χ1) is 35.0. The number of rotatable bonds is 21. The molecule has 0 aromatic carbocycles. The quantitative estimate of drug-likeness (QED) is 0.0210. The van der Waals surface area contributed by atoms with Gasteiger partial charge in [-0.3, -0.25) is 61.1 Å². The molecule has 3 saturated heterocycles. The van der Waals surface area contributed by atoms with E-state index in [2.05, 4.69) is 65.0 Å². The fourth-order valence-corrected chi connectivity index (χ4v) is 10.7. The number of imide groups is 1. The predicted molar refractivity (Wildman–Crippen MR) is 253 cm³/mol. The highest BCUT2D eigenvalue weighted by Crippen LogP contribution is 2.60. The summed E-state index contributed by atoms with van der Waals surface area (Å²) in [6.07, 6.45) is -6.04. The largest absolute Gasteiger partial charge is 0.387 e. The van der Waals surface area contributed by atoms with Gasteiger partial charge in [-0.05, 0) is 0 Å². The molecule has 10 atom stereocenters. The Hall–Kier alpha value is -4.80. The molecule has 0 spiro atoms. The number of nitrogens with one attached hydrogen (secondary N) is 3. The van der Waals surface area contributed by atoms with Crippen molar-refractivity contribution in [1.29, 1.82) is 0 Å². The van der Waals surface area contributed by atoms with E-state index in [0.29, 0.717) is 13.2 Å². The summed E-state index contributed by atoms with van der Waals surface area (Å²) in [5, 5.41) is 28.2. The number of nitrogens with two attached hydrogens (primary N) is 1. The van der Waals surface area contributed by atoms with Gasteiger partial charge in [0.2, 0.25) is 17.8 Å². The lowest BCUT2D eigenvalue weighted by molar-refractivity contribution is -0.137. The highest BCUT2D eigenvalue weighted by Gasteiger charge is 2.53. The molecule has 4 aromatic rings. The molecular weight excluding hydrogens is 1050 g/mol. The van der Waals surface area contributed by atoms with Crippen LogP contribution in [-0.4, -0.2) is 194 Å². The summed E-state index contributed by atoms with van der Waals surface area (Å²) in [7, 11) is 0. The maximum absolute atomic E-state index is 13.9. The number of carbonyl (C=O) groups is 4. The molecule has 31 nitrogen and oxygen atoms in total. The van der Waals surface area contributed by atoms with Crippen LogP contribution in [0.25, 0.3) is 22.3 Å². The number of ether oxygens (including phenoxy) is 6. The average Bonchev–Trinajstić information content (AvgIpc) is 4.17. The molecule has 35 heteroatoms. The number of aromatic nitrogens is 8. The lowest BCUT2D eigenvalue weighted by Gasteiger charge is -2.26. The summed E-state index contributed by atoms with van der Waals surface area (Å²) < 4.78 is 86.6. The van der Waals surface area contributed by atoms with E-state index in [4.69, 9.17) is 52.2 Å². The molecule has 8 rings (SSSR count). The third-order valence-corrected chi connectivity index (χ3v) is 14.4. The van der Waals surface area contributed by atoms with E-state index >= 15 is 0 Å². The van der Waals surface area contributed by atoms with Crippen LogP contribution in [0.3, 0.4) is 0 Å². The zero-order valence-electron chi connectivity index (χ0n) is 38.2. The van der Waals surface area contributed by atoms with Gasteiger partial charge in [-0.1, -0.05) is 24.5 Å². The molecule has 4 aliphatic heterocycles. The number of fused-ring (bicyclic) bond motifs is 5. The second-order valence-corrected chi connectivity index (χ2v) is 21.9. The summed E-state index contributed by atoms with van der Waals surface area (Å²) in [5.41, 5.74) is 5.05. The molecule has 7 N–H and O–H groups in total. The number of nitrogens with zero attached hydrogens (tertiary/aromatic N) is 8. The Balaban J connectivity index is 0.768. The molecule has 398 valence electrons.